The Bertz CT molecular complexity index is 216. The Hall–Kier alpha value is -1.00. The molecule has 2 nitrogen and oxygen atoms in total. The molecule has 0 heterocycles. The molecular weight excluding hydrogens is 185 g/mol. The van der Waals surface area contributed by atoms with E-state index in [0.29, 0.717) is 0 Å². The Morgan fingerprint density at radius 3 is 2.23 bits per heavy atom. The van der Waals surface area contributed by atoms with Crippen LogP contribution in [-0.2, 0) is 4.79 Å². The van der Waals surface area contributed by atoms with Gasteiger partial charge in [-0.1, -0.05) is 13.8 Å². The first-order chi connectivity index (χ1) is 5.73. The highest BCUT2D eigenvalue weighted by Gasteiger charge is 2.34. The number of hydrogen-bond donors (Lipinski definition) is 1. The first-order valence-electron chi connectivity index (χ1n) is 3.74. The molecule has 0 fully saturated rings. The maximum absolute atomic E-state index is 11.7. The number of rotatable bonds is 3. The van der Waals surface area contributed by atoms with Crippen LogP contribution in [-0.4, -0.2) is 17.1 Å². The van der Waals surface area contributed by atoms with Crippen molar-refractivity contribution in [3.63, 3.8) is 0 Å². The Morgan fingerprint density at radius 1 is 1.46 bits per heavy atom. The molecule has 1 N–H and O–H groups in total. The molecule has 0 radical (unpaired) electrons. The zero-order valence-electron chi connectivity index (χ0n) is 7.35. The fourth-order valence-corrected chi connectivity index (χ4v) is 0.696. The second kappa shape index (κ2) is 4.30. The maximum atomic E-state index is 11.7. The Labute approximate surface area is 74.1 Å². The molecule has 0 aliphatic rings. The summed E-state index contributed by atoms with van der Waals surface area (Å²) in [5.74, 6) is -2.58. The van der Waals surface area contributed by atoms with E-state index in [0.717, 1.165) is 0 Å². The van der Waals surface area contributed by atoms with Gasteiger partial charge in [-0.2, -0.15) is 13.2 Å². The first-order valence-corrected chi connectivity index (χ1v) is 3.74. The van der Waals surface area contributed by atoms with Crippen molar-refractivity contribution in [2.45, 2.75) is 26.4 Å². The SMILES string of the molecule is CC(C)CC(=O)/C=C(\O)C(F)(F)F. The molecule has 0 aliphatic heterocycles. The van der Waals surface area contributed by atoms with Crippen molar-refractivity contribution in [2.24, 2.45) is 5.92 Å². The van der Waals surface area contributed by atoms with E-state index in [4.69, 9.17) is 5.11 Å². The van der Waals surface area contributed by atoms with Crippen molar-refractivity contribution >= 4 is 5.78 Å². The summed E-state index contributed by atoms with van der Waals surface area (Å²) in [6.45, 7) is 3.41. The summed E-state index contributed by atoms with van der Waals surface area (Å²) in [7, 11) is 0. The van der Waals surface area contributed by atoms with E-state index in [1.807, 2.05) is 0 Å². The zero-order chi connectivity index (χ0) is 10.6. The normalized spacial score (nSPS) is 13.5. The second-order valence-electron chi connectivity index (χ2n) is 3.09. The molecule has 0 amide bonds. The van der Waals surface area contributed by atoms with Crippen LogP contribution >= 0.6 is 0 Å². The van der Waals surface area contributed by atoms with Gasteiger partial charge in [0.2, 0.25) is 5.76 Å². The van der Waals surface area contributed by atoms with E-state index in [9.17, 15) is 18.0 Å². The molecule has 0 spiro atoms. The van der Waals surface area contributed by atoms with Gasteiger partial charge in [-0.15, -0.1) is 0 Å². The minimum Gasteiger partial charge on any atom is -0.504 e. The smallest absolute Gasteiger partial charge is 0.448 e. The number of carbonyl (C=O) groups excluding carboxylic acids is 1. The molecule has 0 bridgehead atoms. The van der Waals surface area contributed by atoms with Crippen LogP contribution < -0.4 is 0 Å². The lowest BCUT2D eigenvalue weighted by atomic mass is 10.1. The van der Waals surface area contributed by atoms with Crippen LogP contribution in [0.5, 0.6) is 0 Å². The van der Waals surface area contributed by atoms with Crippen molar-refractivity contribution < 1.29 is 23.1 Å². The highest BCUT2D eigenvalue weighted by atomic mass is 19.4. The molecule has 0 saturated carbocycles. The van der Waals surface area contributed by atoms with E-state index >= 15 is 0 Å². The largest absolute Gasteiger partial charge is 0.504 e. The van der Waals surface area contributed by atoms with E-state index in [1.165, 1.54) is 0 Å². The number of ketones is 1. The number of halogens is 3. The van der Waals surface area contributed by atoms with Crippen molar-refractivity contribution in [2.75, 3.05) is 0 Å². The summed E-state index contributed by atoms with van der Waals surface area (Å²) in [4.78, 5) is 10.8. The zero-order valence-corrected chi connectivity index (χ0v) is 7.35. The lowest BCUT2D eigenvalue weighted by Crippen LogP contribution is -2.13. The monoisotopic (exact) mass is 196 g/mol. The van der Waals surface area contributed by atoms with Crippen molar-refractivity contribution in [1.29, 1.82) is 0 Å². The molecule has 0 aromatic rings. The molecule has 0 aromatic carbocycles. The van der Waals surface area contributed by atoms with Crippen LogP contribution in [0.3, 0.4) is 0 Å². The van der Waals surface area contributed by atoms with Crippen LogP contribution in [0.15, 0.2) is 11.8 Å². The van der Waals surface area contributed by atoms with Crippen LogP contribution in [0, 0.1) is 5.92 Å². The topological polar surface area (TPSA) is 37.3 Å². The van der Waals surface area contributed by atoms with Crippen molar-refractivity contribution in [3.8, 4) is 0 Å². The molecule has 0 unspecified atom stereocenters. The number of aliphatic hydroxyl groups excluding tert-OH is 1. The quantitative estimate of drug-likeness (QED) is 0.556. The third-order valence-electron chi connectivity index (χ3n) is 1.20. The Kier molecular flexibility index (Phi) is 3.97. The summed E-state index contributed by atoms with van der Waals surface area (Å²) in [6, 6.07) is 0. The third kappa shape index (κ3) is 5.27. The van der Waals surface area contributed by atoms with E-state index in [1.54, 1.807) is 13.8 Å². The van der Waals surface area contributed by atoms with Crippen LogP contribution in [0.1, 0.15) is 20.3 Å². The predicted octanol–water partition coefficient (Wildman–Crippen LogP) is 2.61. The highest BCUT2D eigenvalue weighted by Crippen LogP contribution is 2.23. The van der Waals surface area contributed by atoms with Gasteiger partial charge in [-0.05, 0) is 5.92 Å². The molecular formula is C8H11F3O2. The fourth-order valence-electron chi connectivity index (χ4n) is 0.696. The van der Waals surface area contributed by atoms with Gasteiger partial charge in [0.15, 0.2) is 5.78 Å². The maximum Gasteiger partial charge on any atom is 0.448 e. The van der Waals surface area contributed by atoms with Crippen LogP contribution in [0.4, 0.5) is 13.2 Å². The summed E-state index contributed by atoms with van der Waals surface area (Å²) in [5.41, 5.74) is 0. The minimum atomic E-state index is -4.83. The summed E-state index contributed by atoms with van der Waals surface area (Å²) >= 11 is 0. The molecule has 0 aromatic heterocycles. The van der Waals surface area contributed by atoms with Crippen molar-refractivity contribution in [3.05, 3.63) is 11.8 Å². The van der Waals surface area contributed by atoms with Crippen LogP contribution in [0.25, 0.3) is 0 Å². The van der Waals surface area contributed by atoms with Crippen molar-refractivity contribution in [1.82, 2.24) is 0 Å². The summed E-state index contributed by atoms with van der Waals surface area (Å²) in [5, 5.41) is 8.38. The van der Waals surface area contributed by atoms with Gasteiger partial charge in [-0.25, -0.2) is 0 Å². The average Bonchev–Trinajstić information content (AvgIpc) is 1.82. The Morgan fingerprint density at radius 2 is 1.92 bits per heavy atom. The van der Waals surface area contributed by atoms with Gasteiger partial charge < -0.3 is 5.11 Å². The van der Waals surface area contributed by atoms with Gasteiger partial charge >= 0.3 is 6.18 Å². The van der Waals surface area contributed by atoms with Gasteiger partial charge in [-0.3, -0.25) is 4.79 Å². The number of allylic oxidation sites excluding steroid dienone is 2. The van der Waals surface area contributed by atoms with E-state index < -0.39 is 17.7 Å². The lowest BCUT2D eigenvalue weighted by Gasteiger charge is -2.04. The fraction of sp³-hybridized carbons (Fsp3) is 0.625. The van der Waals surface area contributed by atoms with Crippen LogP contribution in [0.2, 0.25) is 0 Å². The molecule has 5 heteroatoms. The average molecular weight is 196 g/mol. The lowest BCUT2D eigenvalue weighted by molar-refractivity contribution is -0.125. The highest BCUT2D eigenvalue weighted by molar-refractivity contribution is 5.90. The minimum absolute atomic E-state index is 0.000139. The molecule has 76 valence electrons. The molecule has 0 atom stereocenters. The number of carbonyl (C=O) groups is 1. The number of aliphatic hydroxyl groups is 1. The second-order valence-corrected chi connectivity index (χ2v) is 3.09. The molecule has 0 saturated heterocycles. The van der Waals surface area contributed by atoms with Gasteiger partial charge in [0, 0.05) is 12.5 Å². The predicted molar refractivity (Wildman–Crippen MR) is 41.2 cm³/mol. The molecule has 13 heavy (non-hydrogen) atoms. The number of alkyl halides is 3. The molecule has 0 rings (SSSR count). The van der Waals surface area contributed by atoms with Gasteiger partial charge in [0.05, 0.1) is 0 Å². The summed E-state index contributed by atoms with van der Waals surface area (Å²) < 4.78 is 35.0. The summed E-state index contributed by atoms with van der Waals surface area (Å²) in [6.07, 6.45) is -4.60. The first kappa shape index (κ1) is 12.0. The Balaban J connectivity index is 4.32. The third-order valence-corrected chi connectivity index (χ3v) is 1.20. The van der Waals surface area contributed by atoms with E-state index in [-0.39, 0.29) is 18.4 Å². The van der Waals surface area contributed by atoms with Gasteiger partial charge in [0.1, 0.15) is 0 Å². The molecule has 0 aliphatic carbocycles. The van der Waals surface area contributed by atoms with Gasteiger partial charge in [0.25, 0.3) is 0 Å². The standard InChI is InChI=1S/C8H11F3O2/c1-5(2)3-6(12)4-7(13)8(9,10)11/h4-5,13H,3H2,1-2H3/b7-4-. The number of hydrogen-bond acceptors (Lipinski definition) is 2. The van der Waals surface area contributed by atoms with E-state index in [2.05, 4.69) is 0 Å².